The third kappa shape index (κ3) is 1.13. The lowest BCUT2D eigenvalue weighted by Crippen LogP contribution is -2.16. The van der Waals surface area contributed by atoms with Crippen molar-refractivity contribution in [2.24, 2.45) is 17.8 Å². The summed E-state index contributed by atoms with van der Waals surface area (Å²) in [6.07, 6.45) is 1.79. The highest BCUT2D eigenvalue weighted by Gasteiger charge is 2.40. The minimum atomic E-state index is -0.598. The molecule has 2 unspecified atom stereocenters. The van der Waals surface area contributed by atoms with Gasteiger partial charge in [-0.1, -0.05) is 0 Å². The van der Waals surface area contributed by atoms with Crippen LogP contribution in [0.15, 0.2) is 0 Å². The third-order valence-corrected chi connectivity index (χ3v) is 3.00. The number of carbonyl (C=O) groups is 1. The van der Waals surface area contributed by atoms with Gasteiger partial charge in [0.25, 0.3) is 0 Å². The van der Waals surface area contributed by atoms with Crippen LogP contribution in [0.4, 0.5) is 0 Å². The Morgan fingerprint density at radius 2 is 1.82 bits per heavy atom. The van der Waals surface area contributed by atoms with Gasteiger partial charge in [0.05, 0.1) is 5.92 Å². The Morgan fingerprint density at radius 1 is 1.27 bits per heavy atom. The number of carboxylic acids is 1. The molecule has 1 saturated heterocycles. The smallest absolute Gasteiger partial charge is 0.306 e. The van der Waals surface area contributed by atoms with Crippen LogP contribution in [0, 0.1) is 17.8 Å². The van der Waals surface area contributed by atoms with Crippen molar-refractivity contribution in [1.29, 1.82) is 0 Å². The third-order valence-electron chi connectivity index (χ3n) is 3.00. The second kappa shape index (κ2) is 2.48. The van der Waals surface area contributed by atoms with Crippen LogP contribution in [-0.4, -0.2) is 24.2 Å². The monoisotopic (exact) mass is 155 g/mol. The first-order valence-corrected chi connectivity index (χ1v) is 4.21. The molecule has 0 aromatic heterocycles. The quantitative estimate of drug-likeness (QED) is 0.573. The Labute approximate surface area is 65.8 Å². The summed E-state index contributed by atoms with van der Waals surface area (Å²) in [6.45, 7) is 2.07. The number of aliphatic carboxylic acids is 1. The Balaban J connectivity index is 1.99. The number of carboxylic acid groups (broad SMARTS) is 1. The van der Waals surface area contributed by atoms with Crippen LogP contribution in [-0.2, 0) is 4.79 Å². The topological polar surface area (TPSA) is 49.3 Å². The van der Waals surface area contributed by atoms with Gasteiger partial charge in [0, 0.05) is 0 Å². The van der Waals surface area contributed by atoms with Crippen molar-refractivity contribution >= 4 is 5.97 Å². The molecule has 2 fully saturated rings. The van der Waals surface area contributed by atoms with Crippen molar-refractivity contribution in [3.05, 3.63) is 0 Å². The summed E-state index contributed by atoms with van der Waals surface area (Å²) in [5.74, 6) is 0.652. The van der Waals surface area contributed by atoms with Gasteiger partial charge < -0.3 is 10.4 Å². The van der Waals surface area contributed by atoms with Crippen LogP contribution < -0.4 is 5.32 Å². The highest BCUT2D eigenvalue weighted by molar-refractivity contribution is 5.70. The largest absolute Gasteiger partial charge is 0.481 e. The normalized spacial score (nSPS) is 42.4. The van der Waals surface area contributed by atoms with E-state index in [1.165, 1.54) is 0 Å². The first-order chi connectivity index (χ1) is 5.27. The van der Waals surface area contributed by atoms with Gasteiger partial charge in [-0.25, -0.2) is 0 Å². The van der Waals surface area contributed by atoms with E-state index in [0.717, 1.165) is 25.9 Å². The molecule has 0 spiro atoms. The maximum absolute atomic E-state index is 10.6. The predicted octanol–water partition coefficient (Wildman–Crippen LogP) is 0.317. The average Bonchev–Trinajstić information content (AvgIpc) is 2.40. The molecular weight excluding hydrogens is 142 g/mol. The molecular formula is C8H13NO2. The highest BCUT2D eigenvalue weighted by Crippen LogP contribution is 2.38. The summed E-state index contributed by atoms with van der Waals surface area (Å²) < 4.78 is 0. The van der Waals surface area contributed by atoms with Gasteiger partial charge >= 0.3 is 5.97 Å². The van der Waals surface area contributed by atoms with Crippen molar-refractivity contribution in [2.45, 2.75) is 12.8 Å². The lowest BCUT2D eigenvalue weighted by molar-refractivity contribution is -0.141. The van der Waals surface area contributed by atoms with Crippen LogP contribution in [0.3, 0.4) is 0 Å². The summed E-state index contributed by atoms with van der Waals surface area (Å²) in [4.78, 5) is 10.6. The highest BCUT2D eigenvalue weighted by atomic mass is 16.4. The van der Waals surface area contributed by atoms with Gasteiger partial charge in [0.15, 0.2) is 0 Å². The fourth-order valence-electron chi connectivity index (χ4n) is 2.37. The van der Waals surface area contributed by atoms with E-state index < -0.39 is 5.97 Å². The van der Waals surface area contributed by atoms with Crippen molar-refractivity contribution in [2.75, 3.05) is 13.1 Å². The van der Waals surface area contributed by atoms with E-state index in [1.54, 1.807) is 0 Å². The van der Waals surface area contributed by atoms with Crippen LogP contribution in [0.5, 0.6) is 0 Å². The molecule has 0 amide bonds. The molecule has 1 saturated carbocycles. The Hall–Kier alpha value is -0.570. The standard InChI is InChI=1S/C8H13NO2/c10-8(11)5-1-6-3-9-4-7(6)2-5/h5-7,9H,1-4H2,(H,10,11). The van der Waals surface area contributed by atoms with E-state index in [9.17, 15) is 4.79 Å². The molecule has 1 aliphatic carbocycles. The molecule has 3 nitrogen and oxygen atoms in total. The fraction of sp³-hybridized carbons (Fsp3) is 0.875. The molecule has 2 aliphatic rings. The molecule has 0 bridgehead atoms. The number of hydrogen-bond acceptors (Lipinski definition) is 2. The summed E-state index contributed by atoms with van der Waals surface area (Å²) in [6, 6.07) is 0. The molecule has 2 atom stereocenters. The summed E-state index contributed by atoms with van der Waals surface area (Å²) in [7, 11) is 0. The number of hydrogen-bond donors (Lipinski definition) is 2. The van der Waals surface area contributed by atoms with Gasteiger partial charge in [-0.2, -0.15) is 0 Å². The summed E-state index contributed by atoms with van der Waals surface area (Å²) in [5, 5.41) is 12.0. The summed E-state index contributed by atoms with van der Waals surface area (Å²) in [5.41, 5.74) is 0. The maximum Gasteiger partial charge on any atom is 0.306 e. The molecule has 3 heteroatoms. The zero-order valence-electron chi connectivity index (χ0n) is 6.42. The van der Waals surface area contributed by atoms with Crippen molar-refractivity contribution < 1.29 is 9.90 Å². The van der Waals surface area contributed by atoms with Crippen molar-refractivity contribution in [1.82, 2.24) is 5.32 Å². The van der Waals surface area contributed by atoms with Gasteiger partial charge in [0.1, 0.15) is 0 Å². The van der Waals surface area contributed by atoms with Crippen LogP contribution in [0.2, 0.25) is 0 Å². The second-order valence-corrected chi connectivity index (χ2v) is 3.68. The molecule has 2 rings (SSSR count). The predicted molar refractivity (Wildman–Crippen MR) is 40.2 cm³/mol. The van der Waals surface area contributed by atoms with Crippen LogP contribution in [0.1, 0.15) is 12.8 Å². The number of fused-ring (bicyclic) bond motifs is 1. The SMILES string of the molecule is O=C(O)C1CC2CNCC2C1. The second-order valence-electron chi connectivity index (χ2n) is 3.68. The first-order valence-electron chi connectivity index (χ1n) is 4.21. The lowest BCUT2D eigenvalue weighted by Gasteiger charge is -2.03. The zero-order chi connectivity index (χ0) is 7.84. The molecule has 62 valence electrons. The van der Waals surface area contributed by atoms with Crippen LogP contribution in [0.25, 0.3) is 0 Å². The molecule has 2 N–H and O–H groups in total. The average molecular weight is 155 g/mol. The maximum atomic E-state index is 10.6. The molecule has 1 aliphatic heterocycles. The van der Waals surface area contributed by atoms with Crippen molar-refractivity contribution in [3.8, 4) is 0 Å². The van der Waals surface area contributed by atoms with Gasteiger partial charge in [-0.05, 0) is 37.8 Å². The van der Waals surface area contributed by atoms with Gasteiger partial charge in [-0.15, -0.1) is 0 Å². The van der Waals surface area contributed by atoms with E-state index in [0.29, 0.717) is 11.8 Å². The number of nitrogens with one attached hydrogen (secondary N) is 1. The van der Waals surface area contributed by atoms with E-state index in [2.05, 4.69) is 5.32 Å². The first kappa shape index (κ1) is 7.10. The fourth-order valence-corrected chi connectivity index (χ4v) is 2.37. The van der Waals surface area contributed by atoms with Crippen LogP contribution >= 0.6 is 0 Å². The van der Waals surface area contributed by atoms with E-state index in [-0.39, 0.29) is 5.92 Å². The molecule has 1 heterocycles. The Bertz CT molecular complexity index is 169. The molecule has 0 radical (unpaired) electrons. The minimum Gasteiger partial charge on any atom is -0.481 e. The minimum absolute atomic E-state index is 0.0490. The van der Waals surface area contributed by atoms with Crippen molar-refractivity contribution in [3.63, 3.8) is 0 Å². The van der Waals surface area contributed by atoms with E-state index in [1.807, 2.05) is 0 Å². The van der Waals surface area contributed by atoms with Gasteiger partial charge in [0.2, 0.25) is 0 Å². The molecule has 0 aromatic rings. The summed E-state index contributed by atoms with van der Waals surface area (Å²) >= 11 is 0. The molecule has 11 heavy (non-hydrogen) atoms. The zero-order valence-corrected chi connectivity index (χ0v) is 6.42. The lowest BCUT2D eigenvalue weighted by atomic mass is 10.0. The van der Waals surface area contributed by atoms with E-state index in [4.69, 9.17) is 5.11 Å². The number of rotatable bonds is 1. The molecule has 0 aromatic carbocycles. The van der Waals surface area contributed by atoms with E-state index >= 15 is 0 Å². The Kier molecular flexibility index (Phi) is 1.60. The van der Waals surface area contributed by atoms with Gasteiger partial charge in [-0.3, -0.25) is 4.79 Å². The Morgan fingerprint density at radius 3 is 2.27 bits per heavy atom.